The van der Waals surface area contributed by atoms with E-state index >= 15 is 0 Å². The summed E-state index contributed by atoms with van der Waals surface area (Å²) in [6.45, 7) is 4.13. The molecule has 0 aliphatic carbocycles. The largest absolute Gasteiger partial charge is 0.494 e. The lowest BCUT2D eigenvalue weighted by atomic mass is 9.97. The van der Waals surface area contributed by atoms with Crippen LogP contribution in [0.3, 0.4) is 0 Å². The first-order chi connectivity index (χ1) is 18.0. The topological polar surface area (TPSA) is 71.9 Å². The van der Waals surface area contributed by atoms with Gasteiger partial charge in [0.05, 0.1) is 11.3 Å². The number of fused-ring (bicyclic) bond motifs is 2. The molecule has 0 saturated carbocycles. The fourth-order valence-corrected chi connectivity index (χ4v) is 4.97. The van der Waals surface area contributed by atoms with Crippen molar-refractivity contribution in [2.45, 2.75) is 0 Å². The molecular weight excluding hydrogens is 460 g/mol. The number of likely N-dealkylation sites (N-methyl/N-ethyl adjacent to an activating group) is 1. The minimum atomic E-state index is -0.328. The molecule has 0 bridgehead atoms. The molecule has 4 aromatic carbocycles. The van der Waals surface area contributed by atoms with Gasteiger partial charge in [-0.25, -0.2) is 0 Å². The van der Waals surface area contributed by atoms with E-state index in [1.54, 1.807) is 12.3 Å². The van der Waals surface area contributed by atoms with Crippen LogP contribution in [0.5, 0.6) is 5.88 Å². The quantitative estimate of drug-likeness (QED) is 0.325. The van der Waals surface area contributed by atoms with Gasteiger partial charge in [-0.15, -0.1) is 0 Å². The fraction of sp³-hybridized carbons (Fsp3) is 0.161. The number of piperazine rings is 1. The first-order valence-corrected chi connectivity index (χ1v) is 12.5. The highest BCUT2D eigenvalue weighted by atomic mass is 16.3. The highest BCUT2D eigenvalue weighted by Crippen LogP contribution is 2.30. The van der Waals surface area contributed by atoms with Crippen LogP contribution in [0.2, 0.25) is 0 Å². The number of pyridine rings is 1. The second kappa shape index (κ2) is 9.56. The maximum Gasteiger partial charge on any atom is 0.258 e. The second-order valence-corrected chi connectivity index (χ2v) is 9.60. The first kappa shape index (κ1) is 23.0. The third-order valence-electron chi connectivity index (χ3n) is 7.19. The number of aromatic hydroxyl groups is 1. The molecule has 184 valence electrons. The van der Waals surface area contributed by atoms with Crippen molar-refractivity contribution in [1.29, 1.82) is 0 Å². The molecule has 6 nitrogen and oxygen atoms in total. The number of H-pyrrole nitrogens is 1. The van der Waals surface area contributed by atoms with Gasteiger partial charge in [-0.3, -0.25) is 14.8 Å². The van der Waals surface area contributed by atoms with E-state index in [1.165, 1.54) is 11.1 Å². The summed E-state index contributed by atoms with van der Waals surface area (Å²) in [5.74, 6) is -0.189. The van der Waals surface area contributed by atoms with E-state index in [0.717, 1.165) is 48.4 Å². The van der Waals surface area contributed by atoms with Crippen LogP contribution in [-0.2, 0) is 0 Å². The maximum atomic E-state index is 12.6. The van der Waals surface area contributed by atoms with Gasteiger partial charge in [-0.1, -0.05) is 42.5 Å². The number of aromatic amines is 1. The molecule has 5 aromatic rings. The predicted octanol–water partition coefficient (Wildman–Crippen LogP) is 5.56. The van der Waals surface area contributed by atoms with Gasteiger partial charge in [-0.05, 0) is 71.4 Å². The molecule has 0 spiro atoms. The van der Waals surface area contributed by atoms with Crippen molar-refractivity contribution in [3.8, 4) is 17.0 Å². The summed E-state index contributed by atoms with van der Waals surface area (Å²) in [6, 6.07) is 28.4. The number of anilines is 1. The van der Waals surface area contributed by atoms with E-state index in [2.05, 4.69) is 69.3 Å². The van der Waals surface area contributed by atoms with Gasteiger partial charge < -0.3 is 14.9 Å². The van der Waals surface area contributed by atoms with Crippen LogP contribution in [0.4, 0.5) is 11.4 Å². The number of benzene rings is 4. The summed E-state index contributed by atoms with van der Waals surface area (Å²) in [4.78, 5) is 24.5. The molecular formula is C31H28N4O2. The lowest BCUT2D eigenvalue weighted by Gasteiger charge is -2.34. The van der Waals surface area contributed by atoms with Crippen molar-refractivity contribution in [2.24, 2.45) is 4.99 Å². The zero-order chi connectivity index (χ0) is 25.4. The Morgan fingerprint density at radius 3 is 2.30 bits per heavy atom. The third-order valence-corrected chi connectivity index (χ3v) is 7.19. The Morgan fingerprint density at radius 2 is 1.51 bits per heavy atom. The van der Waals surface area contributed by atoms with Gasteiger partial charge in [0.15, 0.2) is 0 Å². The first-order valence-electron chi connectivity index (χ1n) is 12.5. The van der Waals surface area contributed by atoms with E-state index in [9.17, 15) is 9.90 Å². The van der Waals surface area contributed by atoms with E-state index in [0.29, 0.717) is 16.3 Å². The van der Waals surface area contributed by atoms with Crippen LogP contribution < -0.4 is 10.5 Å². The third kappa shape index (κ3) is 4.59. The van der Waals surface area contributed by atoms with Gasteiger partial charge >= 0.3 is 0 Å². The Labute approximate surface area is 215 Å². The summed E-state index contributed by atoms with van der Waals surface area (Å²) in [5.41, 5.74) is 4.13. The molecule has 6 heteroatoms. The summed E-state index contributed by atoms with van der Waals surface area (Å²) >= 11 is 0. The van der Waals surface area contributed by atoms with Gasteiger partial charge in [0.2, 0.25) is 5.88 Å². The molecule has 0 radical (unpaired) electrons. The standard InChI is InChI=1S/C31H28N4O2/c1-34-14-16-35(17-15-34)26-11-9-25(10-12-26)32-20-29-28-19-24(8-13-27(28)30(36)33-31(29)37)23-7-6-21-4-2-3-5-22(21)18-23/h2-13,18-20H,14-17H2,1H3,(H2,33,36,37). The normalized spacial score (nSPS) is 14.7. The number of aliphatic imine (C=N–C) groups is 1. The smallest absolute Gasteiger partial charge is 0.258 e. The van der Waals surface area contributed by atoms with Crippen molar-refractivity contribution >= 4 is 39.1 Å². The number of hydrogen-bond acceptors (Lipinski definition) is 5. The van der Waals surface area contributed by atoms with Gasteiger partial charge in [0.25, 0.3) is 5.56 Å². The number of nitrogens with one attached hydrogen (secondary N) is 1. The SMILES string of the molecule is CN1CCN(c2ccc(N=Cc3c(O)[nH]c(=O)c4ccc(-c5ccc6ccccc6c5)cc34)cc2)CC1. The average molecular weight is 489 g/mol. The average Bonchev–Trinajstić information content (AvgIpc) is 2.93. The zero-order valence-electron chi connectivity index (χ0n) is 20.7. The van der Waals surface area contributed by atoms with Crippen molar-refractivity contribution in [3.05, 3.63) is 101 Å². The molecule has 1 aromatic heterocycles. The summed E-state index contributed by atoms with van der Waals surface area (Å²) < 4.78 is 0. The molecule has 37 heavy (non-hydrogen) atoms. The monoisotopic (exact) mass is 488 g/mol. The Hall–Kier alpha value is -4.42. The van der Waals surface area contributed by atoms with E-state index in [1.807, 2.05) is 36.4 Å². The summed E-state index contributed by atoms with van der Waals surface area (Å²) in [7, 11) is 2.15. The van der Waals surface area contributed by atoms with Crippen molar-refractivity contribution in [2.75, 3.05) is 38.1 Å². The van der Waals surface area contributed by atoms with E-state index in [-0.39, 0.29) is 11.4 Å². The Kier molecular flexibility index (Phi) is 5.94. The fourth-order valence-electron chi connectivity index (χ4n) is 4.97. The number of hydrogen-bond donors (Lipinski definition) is 2. The van der Waals surface area contributed by atoms with E-state index < -0.39 is 0 Å². The van der Waals surface area contributed by atoms with Gasteiger partial charge in [0, 0.05) is 48.9 Å². The molecule has 0 unspecified atom stereocenters. The number of nitrogens with zero attached hydrogens (tertiary/aromatic N) is 3. The molecule has 1 fully saturated rings. The minimum Gasteiger partial charge on any atom is -0.494 e. The maximum absolute atomic E-state index is 12.6. The lowest BCUT2D eigenvalue weighted by Crippen LogP contribution is -2.44. The summed E-state index contributed by atoms with van der Waals surface area (Å²) in [5, 5.41) is 14.1. The van der Waals surface area contributed by atoms with Crippen LogP contribution >= 0.6 is 0 Å². The van der Waals surface area contributed by atoms with Crippen molar-refractivity contribution < 1.29 is 5.11 Å². The predicted molar refractivity (Wildman–Crippen MR) is 153 cm³/mol. The number of aromatic nitrogens is 1. The Morgan fingerprint density at radius 1 is 0.811 bits per heavy atom. The van der Waals surface area contributed by atoms with Crippen LogP contribution in [0.15, 0.2) is 94.7 Å². The molecule has 1 saturated heterocycles. The minimum absolute atomic E-state index is 0.189. The van der Waals surface area contributed by atoms with E-state index in [4.69, 9.17) is 0 Å². The Bertz CT molecular complexity index is 1680. The van der Waals surface area contributed by atoms with Crippen LogP contribution in [-0.4, -0.2) is 54.4 Å². The highest BCUT2D eigenvalue weighted by Gasteiger charge is 2.14. The number of rotatable bonds is 4. The second-order valence-electron chi connectivity index (χ2n) is 9.60. The zero-order valence-corrected chi connectivity index (χ0v) is 20.7. The Balaban J connectivity index is 1.34. The highest BCUT2D eigenvalue weighted by molar-refractivity contribution is 6.03. The van der Waals surface area contributed by atoms with Crippen LogP contribution in [0.1, 0.15) is 5.56 Å². The van der Waals surface area contributed by atoms with Crippen molar-refractivity contribution in [1.82, 2.24) is 9.88 Å². The molecule has 1 aliphatic heterocycles. The lowest BCUT2D eigenvalue weighted by molar-refractivity contribution is 0.313. The molecule has 2 heterocycles. The van der Waals surface area contributed by atoms with Gasteiger partial charge in [0.1, 0.15) is 0 Å². The van der Waals surface area contributed by atoms with Crippen LogP contribution in [0, 0.1) is 0 Å². The molecule has 6 rings (SSSR count). The molecule has 2 N–H and O–H groups in total. The molecule has 0 atom stereocenters. The van der Waals surface area contributed by atoms with Gasteiger partial charge in [-0.2, -0.15) is 0 Å². The van der Waals surface area contributed by atoms with Crippen molar-refractivity contribution in [3.63, 3.8) is 0 Å². The molecule has 1 aliphatic rings. The van der Waals surface area contributed by atoms with Crippen LogP contribution in [0.25, 0.3) is 32.7 Å². The summed E-state index contributed by atoms with van der Waals surface area (Å²) in [6.07, 6.45) is 1.63. The molecule has 0 amide bonds.